The summed E-state index contributed by atoms with van der Waals surface area (Å²) in [4.78, 5) is 2.46. The SMILES string of the molecule is CCn1nc(C)c(Br)c1CN(C)C1CCC1. The lowest BCUT2D eigenvalue weighted by Gasteiger charge is -2.34. The van der Waals surface area contributed by atoms with E-state index in [1.54, 1.807) is 0 Å². The minimum atomic E-state index is 0.785. The van der Waals surface area contributed by atoms with Crippen molar-refractivity contribution in [3.63, 3.8) is 0 Å². The minimum Gasteiger partial charge on any atom is -0.298 e. The van der Waals surface area contributed by atoms with E-state index < -0.39 is 0 Å². The van der Waals surface area contributed by atoms with Crippen LogP contribution in [0.2, 0.25) is 0 Å². The summed E-state index contributed by atoms with van der Waals surface area (Å²) in [5.74, 6) is 0. The third kappa shape index (κ3) is 2.18. The number of hydrogen-bond donors (Lipinski definition) is 0. The second-order valence-corrected chi connectivity index (χ2v) is 5.45. The third-order valence-corrected chi connectivity index (χ3v) is 4.58. The summed E-state index contributed by atoms with van der Waals surface area (Å²) < 4.78 is 3.29. The van der Waals surface area contributed by atoms with Crippen LogP contribution >= 0.6 is 15.9 Å². The summed E-state index contributed by atoms with van der Waals surface area (Å²) in [5.41, 5.74) is 2.41. The molecular weight excluding hydrogens is 266 g/mol. The number of aryl methyl sites for hydroxylation is 2. The molecule has 0 N–H and O–H groups in total. The Bertz CT molecular complexity index is 369. The predicted octanol–water partition coefficient (Wildman–Crippen LogP) is 2.96. The fourth-order valence-electron chi connectivity index (χ4n) is 2.21. The Kier molecular flexibility index (Phi) is 3.70. The molecule has 0 atom stereocenters. The summed E-state index contributed by atoms with van der Waals surface area (Å²) >= 11 is 3.65. The molecule has 4 heteroatoms. The monoisotopic (exact) mass is 285 g/mol. The lowest BCUT2D eigenvalue weighted by atomic mass is 9.92. The van der Waals surface area contributed by atoms with Crippen molar-refractivity contribution in [3.05, 3.63) is 15.9 Å². The molecule has 1 aliphatic rings. The van der Waals surface area contributed by atoms with Gasteiger partial charge in [0, 0.05) is 19.1 Å². The molecule has 90 valence electrons. The van der Waals surface area contributed by atoms with Gasteiger partial charge in [0.2, 0.25) is 0 Å². The van der Waals surface area contributed by atoms with Crippen molar-refractivity contribution in [2.45, 2.75) is 52.2 Å². The first-order valence-corrected chi connectivity index (χ1v) is 6.84. The Hall–Kier alpha value is -0.350. The van der Waals surface area contributed by atoms with Gasteiger partial charge in [-0.2, -0.15) is 5.10 Å². The van der Waals surface area contributed by atoms with Gasteiger partial charge in [0.25, 0.3) is 0 Å². The van der Waals surface area contributed by atoms with Crippen molar-refractivity contribution >= 4 is 15.9 Å². The van der Waals surface area contributed by atoms with Crippen LogP contribution in [0.15, 0.2) is 4.47 Å². The summed E-state index contributed by atoms with van der Waals surface area (Å²) in [6.45, 7) is 6.15. The second kappa shape index (κ2) is 4.88. The highest BCUT2D eigenvalue weighted by Gasteiger charge is 2.24. The first-order chi connectivity index (χ1) is 7.63. The molecule has 0 aliphatic heterocycles. The standard InChI is InChI=1S/C12H20BrN3/c1-4-16-11(12(13)9(2)14-16)8-15(3)10-6-5-7-10/h10H,4-8H2,1-3H3. The molecule has 0 aromatic carbocycles. The topological polar surface area (TPSA) is 21.1 Å². The van der Waals surface area contributed by atoms with Gasteiger partial charge in [-0.15, -0.1) is 0 Å². The van der Waals surface area contributed by atoms with Crippen LogP contribution in [0.1, 0.15) is 37.6 Å². The molecule has 0 bridgehead atoms. The van der Waals surface area contributed by atoms with E-state index in [4.69, 9.17) is 0 Å². The first kappa shape index (κ1) is 12.1. The first-order valence-electron chi connectivity index (χ1n) is 6.05. The molecule has 0 amide bonds. The Balaban J connectivity index is 2.12. The van der Waals surface area contributed by atoms with Crippen LogP contribution in [0, 0.1) is 6.92 Å². The summed E-state index contributed by atoms with van der Waals surface area (Å²) in [7, 11) is 2.22. The quantitative estimate of drug-likeness (QED) is 0.848. The number of rotatable bonds is 4. The highest BCUT2D eigenvalue weighted by Crippen LogP contribution is 2.27. The minimum absolute atomic E-state index is 0.785. The van der Waals surface area contributed by atoms with E-state index in [0.717, 1.165) is 24.8 Å². The highest BCUT2D eigenvalue weighted by molar-refractivity contribution is 9.10. The van der Waals surface area contributed by atoms with Gasteiger partial charge in [0.15, 0.2) is 0 Å². The summed E-state index contributed by atoms with van der Waals surface area (Å²) in [6.07, 6.45) is 4.10. The molecule has 3 nitrogen and oxygen atoms in total. The molecule has 16 heavy (non-hydrogen) atoms. The maximum atomic E-state index is 4.53. The van der Waals surface area contributed by atoms with Crippen LogP contribution < -0.4 is 0 Å². The van der Waals surface area contributed by atoms with Gasteiger partial charge in [-0.25, -0.2) is 0 Å². The fraction of sp³-hybridized carbons (Fsp3) is 0.750. The van der Waals surface area contributed by atoms with Gasteiger partial charge < -0.3 is 0 Å². The van der Waals surface area contributed by atoms with Crippen molar-refractivity contribution in [1.29, 1.82) is 0 Å². The molecule has 1 aromatic heterocycles. The van der Waals surface area contributed by atoms with E-state index in [1.807, 2.05) is 0 Å². The van der Waals surface area contributed by atoms with Gasteiger partial charge in [-0.3, -0.25) is 9.58 Å². The zero-order valence-electron chi connectivity index (χ0n) is 10.3. The van der Waals surface area contributed by atoms with E-state index >= 15 is 0 Å². The van der Waals surface area contributed by atoms with Gasteiger partial charge in [0.05, 0.1) is 15.9 Å². The second-order valence-electron chi connectivity index (χ2n) is 4.66. The van der Waals surface area contributed by atoms with Crippen molar-refractivity contribution in [3.8, 4) is 0 Å². The predicted molar refractivity (Wildman–Crippen MR) is 69.4 cm³/mol. The van der Waals surface area contributed by atoms with Gasteiger partial charge >= 0.3 is 0 Å². The Labute approximate surface area is 106 Å². The van der Waals surface area contributed by atoms with Crippen LogP contribution in [-0.2, 0) is 13.1 Å². The number of hydrogen-bond acceptors (Lipinski definition) is 2. The van der Waals surface area contributed by atoms with E-state index in [9.17, 15) is 0 Å². The smallest absolute Gasteiger partial charge is 0.0739 e. The summed E-state index contributed by atoms with van der Waals surface area (Å²) in [5, 5.41) is 4.53. The molecule has 2 rings (SSSR count). The Morgan fingerprint density at radius 1 is 1.50 bits per heavy atom. The van der Waals surface area contributed by atoms with Gasteiger partial charge in [-0.1, -0.05) is 6.42 Å². The normalized spacial score (nSPS) is 16.8. The molecule has 0 unspecified atom stereocenters. The van der Waals surface area contributed by atoms with Crippen LogP contribution in [0.25, 0.3) is 0 Å². The van der Waals surface area contributed by atoms with Gasteiger partial charge in [0.1, 0.15) is 0 Å². The molecule has 1 aromatic rings. The average molecular weight is 286 g/mol. The van der Waals surface area contributed by atoms with E-state index in [1.165, 1.54) is 29.4 Å². The molecule has 1 aliphatic carbocycles. The molecular formula is C12H20BrN3. The highest BCUT2D eigenvalue weighted by atomic mass is 79.9. The molecule has 0 spiro atoms. The maximum Gasteiger partial charge on any atom is 0.0739 e. The van der Waals surface area contributed by atoms with Crippen LogP contribution in [0.4, 0.5) is 0 Å². The van der Waals surface area contributed by atoms with E-state index in [2.05, 4.69) is 51.5 Å². The number of aromatic nitrogens is 2. The molecule has 1 saturated carbocycles. The van der Waals surface area contributed by atoms with E-state index in [0.29, 0.717) is 0 Å². The van der Waals surface area contributed by atoms with E-state index in [-0.39, 0.29) is 0 Å². The van der Waals surface area contributed by atoms with Crippen molar-refractivity contribution in [2.75, 3.05) is 7.05 Å². The van der Waals surface area contributed by atoms with Crippen LogP contribution in [0.5, 0.6) is 0 Å². The lowest BCUT2D eigenvalue weighted by Crippen LogP contribution is -2.37. The summed E-state index contributed by atoms with van der Waals surface area (Å²) in [6, 6.07) is 0.785. The number of nitrogens with zero attached hydrogens (tertiary/aromatic N) is 3. The molecule has 0 saturated heterocycles. The molecule has 1 fully saturated rings. The molecule has 1 heterocycles. The Morgan fingerprint density at radius 2 is 2.19 bits per heavy atom. The van der Waals surface area contributed by atoms with Crippen LogP contribution in [-0.4, -0.2) is 27.8 Å². The zero-order chi connectivity index (χ0) is 11.7. The lowest BCUT2D eigenvalue weighted by molar-refractivity contribution is 0.149. The van der Waals surface area contributed by atoms with Crippen molar-refractivity contribution in [1.82, 2.24) is 14.7 Å². The zero-order valence-corrected chi connectivity index (χ0v) is 11.9. The molecule has 0 radical (unpaired) electrons. The van der Waals surface area contributed by atoms with Gasteiger partial charge in [-0.05, 0) is 49.7 Å². The average Bonchev–Trinajstić information content (AvgIpc) is 2.43. The number of halogens is 1. The maximum absolute atomic E-state index is 4.53. The van der Waals surface area contributed by atoms with Crippen LogP contribution in [0.3, 0.4) is 0 Å². The Morgan fingerprint density at radius 3 is 2.69 bits per heavy atom. The van der Waals surface area contributed by atoms with Crippen molar-refractivity contribution < 1.29 is 0 Å². The largest absolute Gasteiger partial charge is 0.298 e. The third-order valence-electron chi connectivity index (χ3n) is 3.55. The fourth-order valence-corrected chi connectivity index (χ4v) is 2.62. The van der Waals surface area contributed by atoms with Crippen molar-refractivity contribution in [2.24, 2.45) is 0 Å².